The van der Waals surface area contributed by atoms with E-state index >= 15 is 0 Å². The first-order chi connectivity index (χ1) is 8.33. The highest BCUT2D eigenvalue weighted by Gasteiger charge is 2.32. The summed E-state index contributed by atoms with van der Waals surface area (Å²) in [6.45, 7) is 2.74. The Morgan fingerprint density at radius 3 is 3.18 bits per heavy atom. The maximum atomic E-state index is 11.9. The fraction of sp³-hybridized carbons (Fsp3) is 0.583. The molecule has 0 radical (unpaired) electrons. The van der Waals surface area contributed by atoms with E-state index in [1.165, 1.54) is 17.7 Å². The van der Waals surface area contributed by atoms with Crippen LogP contribution in [0, 0.1) is 0 Å². The van der Waals surface area contributed by atoms with Crippen molar-refractivity contribution in [3.05, 3.63) is 22.4 Å². The van der Waals surface area contributed by atoms with Crippen molar-refractivity contribution < 1.29 is 4.79 Å². The summed E-state index contributed by atoms with van der Waals surface area (Å²) >= 11 is 1.71. The van der Waals surface area contributed by atoms with Crippen LogP contribution < -0.4 is 10.6 Å². The number of amides is 2. The molecule has 3 heterocycles. The standard InChI is InChI=1S/C12H17N3OS/c16-12-14-10(11-4-2-6-17-11)8-15(12)7-9-3-1-5-13-9/h2,4,6,9-10,13H,1,3,5,7-8H2,(H,14,16). The molecule has 2 unspecified atom stereocenters. The van der Waals surface area contributed by atoms with E-state index in [1.807, 2.05) is 11.0 Å². The summed E-state index contributed by atoms with van der Waals surface area (Å²) in [6.07, 6.45) is 2.42. The van der Waals surface area contributed by atoms with E-state index in [9.17, 15) is 4.79 Å². The predicted molar refractivity (Wildman–Crippen MR) is 68.2 cm³/mol. The van der Waals surface area contributed by atoms with E-state index in [4.69, 9.17) is 0 Å². The van der Waals surface area contributed by atoms with E-state index in [-0.39, 0.29) is 12.1 Å². The van der Waals surface area contributed by atoms with Crippen molar-refractivity contribution in [3.8, 4) is 0 Å². The number of nitrogens with one attached hydrogen (secondary N) is 2. The van der Waals surface area contributed by atoms with Crippen LogP contribution in [0.4, 0.5) is 4.79 Å². The third-order valence-electron chi connectivity index (χ3n) is 3.48. The molecule has 2 N–H and O–H groups in total. The quantitative estimate of drug-likeness (QED) is 0.856. The van der Waals surface area contributed by atoms with E-state index < -0.39 is 0 Å². The largest absolute Gasteiger partial charge is 0.329 e. The number of hydrogen-bond acceptors (Lipinski definition) is 3. The molecule has 2 saturated heterocycles. The molecule has 2 atom stereocenters. The van der Waals surface area contributed by atoms with Gasteiger partial charge in [-0.15, -0.1) is 11.3 Å². The molecule has 92 valence electrons. The van der Waals surface area contributed by atoms with E-state index in [1.54, 1.807) is 11.3 Å². The minimum absolute atomic E-state index is 0.0806. The molecule has 2 amide bonds. The predicted octanol–water partition coefficient (Wildman–Crippen LogP) is 1.57. The van der Waals surface area contributed by atoms with Crippen molar-refractivity contribution in [2.24, 2.45) is 0 Å². The molecular formula is C12H17N3OS. The average Bonchev–Trinajstić information content (AvgIpc) is 3.02. The summed E-state index contributed by atoms with van der Waals surface area (Å²) in [7, 11) is 0. The second-order valence-corrected chi connectivity index (χ2v) is 5.70. The average molecular weight is 251 g/mol. The molecule has 0 spiro atoms. The van der Waals surface area contributed by atoms with Crippen LogP contribution in [0.2, 0.25) is 0 Å². The number of carbonyl (C=O) groups excluding carboxylic acids is 1. The first-order valence-corrected chi connectivity index (χ1v) is 7.03. The fourth-order valence-corrected chi connectivity index (χ4v) is 3.35. The molecule has 0 saturated carbocycles. The number of carbonyl (C=O) groups is 1. The summed E-state index contributed by atoms with van der Waals surface area (Å²) in [6, 6.07) is 4.88. The summed E-state index contributed by atoms with van der Waals surface area (Å²) in [4.78, 5) is 15.0. The van der Waals surface area contributed by atoms with Gasteiger partial charge in [0, 0.05) is 24.0 Å². The van der Waals surface area contributed by atoms with Gasteiger partial charge in [0.1, 0.15) is 0 Å². The molecule has 3 rings (SSSR count). The normalized spacial score (nSPS) is 28.7. The summed E-state index contributed by atoms with van der Waals surface area (Å²) in [5.74, 6) is 0. The lowest BCUT2D eigenvalue weighted by Crippen LogP contribution is -2.39. The number of thiophene rings is 1. The van der Waals surface area contributed by atoms with Gasteiger partial charge in [-0.05, 0) is 30.8 Å². The van der Waals surface area contributed by atoms with Gasteiger partial charge in [-0.25, -0.2) is 4.79 Å². The van der Waals surface area contributed by atoms with Crippen LogP contribution in [-0.2, 0) is 0 Å². The Labute approximate surface area is 105 Å². The highest BCUT2D eigenvalue weighted by Crippen LogP contribution is 2.24. The Morgan fingerprint density at radius 2 is 2.47 bits per heavy atom. The van der Waals surface area contributed by atoms with Crippen molar-refractivity contribution in [1.82, 2.24) is 15.5 Å². The summed E-state index contributed by atoms with van der Waals surface area (Å²) < 4.78 is 0. The monoisotopic (exact) mass is 251 g/mol. The van der Waals surface area contributed by atoms with Gasteiger partial charge in [0.2, 0.25) is 0 Å². The maximum Gasteiger partial charge on any atom is 0.318 e. The van der Waals surface area contributed by atoms with Crippen LogP contribution in [0.3, 0.4) is 0 Å². The SMILES string of the molecule is O=C1NC(c2cccs2)CN1CC1CCCN1. The number of rotatable bonds is 3. The number of hydrogen-bond donors (Lipinski definition) is 2. The summed E-state index contributed by atoms with van der Waals surface area (Å²) in [5, 5.41) is 8.54. The summed E-state index contributed by atoms with van der Waals surface area (Å²) in [5.41, 5.74) is 0. The van der Waals surface area contributed by atoms with Crippen molar-refractivity contribution in [1.29, 1.82) is 0 Å². The van der Waals surface area contributed by atoms with Gasteiger partial charge in [-0.3, -0.25) is 0 Å². The molecule has 0 aromatic carbocycles. The minimum Gasteiger partial charge on any atom is -0.329 e. The molecule has 2 aliphatic heterocycles. The van der Waals surface area contributed by atoms with Crippen LogP contribution in [0.1, 0.15) is 23.8 Å². The van der Waals surface area contributed by atoms with Crippen molar-refractivity contribution in [2.45, 2.75) is 24.9 Å². The van der Waals surface area contributed by atoms with Gasteiger partial charge in [-0.1, -0.05) is 6.07 Å². The molecule has 2 fully saturated rings. The van der Waals surface area contributed by atoms with E-state index in [2.05, 4.69) is 22.1 Å². The Kier molecular flexibility index (Phi) is 3.03. The van der Waals surface area contributed by atoms with Gasteiger partial charge >= 0.3 is 6.03 Å². The second kappa shape index (κ2) is 4.66. The second-order valence-electron chi connectivity index (χ2n) is 4.72. The highest BCUT2D eigenvalue weighted by molar-refractivity contribution is 7.10. The Morgan fingerprint density at radius 1 is 1.53 bits per heavy atom. The molecular weight excluding hydrogens is 234 g/mol. The lowest BCUT2D eigenvalue weighted by atomic mass is 10.2. The molecule has 2 aliphatic rings. The van der Waals surface area contributed by atoms with Gasteiger partial charge < -0.3 is 15.5 Å². The van der Waals surface area contributed by atoms with Crippen molar-refractivity contribution >= 4 is 17.4 Å². The van der Waals surface area contributed by atoms with Crippen LogP contribution in [0.5, 0.6) is 0 Å². The third-order valence-corrected chi connectivity index (χ3v) is 4.46. The van der Waals surface area contributed by atoms with Crippen molar-refractivity contribution in [3.63, 3.8) is 0 Å². The van der Waals surface area contributed by atoms with Crippen LogP contribution in [-0.4, -0.2) is 36.6 Å². The van der Waals surface area contributed by atoms with Crippen LogP contribution in [0.25, 0.3) is 0 Å². The lowest BCUT2D eigenvalue weighted by Gasteiger charge is -2.19. The highest BCUT2D eigenvalue weighted by atomic mass is 32.1. The molecule has 5 heteroatoms. The Bertz CT molecular complexity index is 386. The molecule has 0 bridgehead atoms. The molecule has 1 aromatic rings. The van der Waals surface area contributed by atoms with Crippen molar-refractivity contribution in [2.75, 3.05) is 19.6 Å². The topological polar surface area (TPSA) is 44.4 Å². The first kappa shape index (κ1) is 11.0. The zero-order chi connectivity index (χ0) is 11.7. The third kappa shape index (κ3) is 2.30. The molecule has 0 aliphatic carbocycles. The van der Waals surface area contributed by atoms with E-state index in [0.717, 1.165) is 19.6 Å². The smallest absolute Gasteiger partial charge is 0.318 e. The molecule has 17 heavy (non-hydrogen) atoms. The molecule has 4 nitrogen and oxygen atoms in total. The van der Waals surface area contributed by atoms with Gasteiger partial charge in [0.05, 0.1) is 6.04 Å². The van der Waals surface area contributed by atoms with E-state index in [0.29, 0.717) is 6.04 Å². The van der Waals surface area contributed by atoms with Gasteiger partial charge in [0.25, 0.3) is 0 Å². The number of urea groups is 1. The Hall–Kier alpha value is -1.07. The first-order valence-electron chi connectivity index (χ1n) is 6.15. The van der Waals surface area contributed by atoms with Gasteiger partial charge in [0.15, 0.2) is 0 Å². The number of nitrogens with zero attached hydrogens (tertiary/aromatic N) is 1. The lowest BCUT2D eigenvalue weighted by molar-refractivity contribution is 0.213. The minimum atomic E-state index is 0.0806. The zero-order valence-corrected chi connectivity index (χ0v) is 10.5. The molecule has 1 aromatic heterocycles. The fourth-order valence-electron chi connectivity index (χ4n) is 2.58. The van der Waals surface area contributed by atoms with Crippen LogP contribution in [0.15, 0.2) is 17.5 Å². The Balaban J connectivity index is 1.61. The van der Waals surface area contributed by atoms with Crippen LogP contribution >= 0.6 is 11.3 Å². The van der Waals surface area contributed by atoms with Gasteiger partial charge in [-0.2, -0.15) is 0 Å². The maximum absolute atomic E-state index is 11.9. The zero-order valence-electron chi connectivity index (χ0n) is 9.69.